The van der Waals surface area contributed by atoms with Crippen molar-refractivity contribution in [3.8, 4) is 0 Å². The van der Waals surface area contributed by atoms with Crippen molar-refractivity contribution in [3.63, 3.8) is 0 Å². The van der Waals surface area contributed by atoms with Crippen LogP contribution >= 0.6 is 23.4 Å². The lowest BCUT2D eigenvalue weighted by atomic mass is 9.87. The largest absolute Gasteiger partial charge is 0.313 e. The molecule has 3 heteroatoms. The first-order valence-corrected chi connectivity index (χ1v) is 7.95. The second-order valence-corrected chi connectivity index (χ2v) is 7.34. The average Bonchev–Trinajstić information content (AvgIpc) is 2.60. The van der Waals surface area contributed by atoms with Crippen LogP contribution in [0.4, 0.5) is 0 Å². The summed E-state index contributed by atoms with van der Waals surface area (Å²) in [6.07, 6.45) is 2.55. The molecule has 1 aliphatic rings. The highest BCUT2D eigenvalue weighted by Gasteiger charge is 2.41. The van der Waals surface area contributed by atoms with Crippen molar-refractivity contribution in [2.24, 2.45) is 5.41 Å². The lowest BCUT2D eigenvalue weighted by Gasteiger charge is -2.31. The fourth-order valence-electron chi connectivity index (χ4n) is 2.80. The van der Waals surface area contributed by atoms with Crippen LogP contribution < -0.4 is 5.32 Å². The summed E-state index contributed by atoms with van der Waals surface area (Å²) in [5.41, 5.74) is 0.384. The maximum Gasteiger partial charge on any atom is 0.0541 e. The molecule has 1 nitrogen and oxygen atoms in total. The lowest BCUT2D eigenvalue weighted by Crippen LogP contribution is -2.43. The Hall–Kier alpha value is -0.180. The van der Waals surface area contributed by atoms with Crippen LogP contribution in [0.1, 0.15) is 33.6 Å². The van der Waals surface area contributed by atoms with Crippen molar-refractivity contribution >= 4 is 23.4 Å². The van der Waals surface area contributed by atoms with Gasteiger partial charge >= 0.3 is 0 Å². The van der Waals surface area contributed by atoms with Crippen LogP contribution in [0.3, 0.4) is 0 Å². The number of halogens is 1. The van der Waals surface area contributed by atoms with Crippen molar-refractivity contribution in [1.29, 1.82) is 0 Å². The predicted octanol–water partition coefficient (Wildman–Crippen LogP) is 4.60. The molecule has 0 amide bonds. The van der Waals surface area contributed by atoms with Gasteiger partial charge in [-0.05, 0) is 36.9 Å². The Labute approximate surface area is 120 Å². The van der Waals surface area contributed by atoms with Gasteiger partial charge in [0, 0.05) is 16.2 Å². The van der Waals surface area contributed by atoms with Gasteiger partial charge in [-0.3, -0.25) is 0 Å². The molecule has 0 saturated heterocycles. The highest BCUT2D eigenvalue weighted by atomic mass is 35.5. The smallest absolute Gasteiger partial charge is 0.0541 e. The van der Waals surface area contributed by atoms with Crippen molar-refractivity contribution in [1.82, 2.24) is 5.32 Å². The molecule has 0 radical (unpaired) electrons. The minimum Gasteiger partial charge on any atom is -0.313 e. The molecule has 0 heterocycles. The molecule has 0 aromatic heterocycles. The molecule has 1 N–H and O–H groups in total. The molecule has 0 bridgehead atoms. The van der Waals surface area contributed by atoms with Crippen LogP contribution in [0.25, 0.3) is 0 Å². The Bertz CT molecular complexity index is 405. The van der Waals surface area contributed by atoms with Crippen LogP contribution in [0.15, 0.2) is 29.2 Å². The summed E-state index contributed by atoms with van der Waals surface area (Å²) in [5.74, 6) is 0. The molecule has 1 saturated carbocycles. The van der Waals surface area contributed by atoms with E-state index >= 15 is 0 Å². The first-order valence-electron chi connectivity index (χ1n) is 6.69. The van der Waals surface area contributed by atoms with E-state index in [0.29, 0.717) is 16.7 Å². The van der Waals surface area contributed by atoms with E-state index in [-0.39, 0.29) is 0 Å². The number of nitrogens with one attached hydrogen (secondary N) is 1. The monoisotopic (exact) mass is 283 g/mol. The summed E-state index contributed by atoms with van der Waals surface area (Å²) in [6.45, 7) is 7.96. The van der Waals surface area contributed by atoms with Gasteiger partial charge in [0.15, 0.2) is 0 Å². The van der Waals surface area contributed by atoms with E-state index in [9.17, 15) is 0 Å². The molecule has 0 aliphatic heterocycles. The van der Waals surface area contributed by atoms with Crippen molar-refractivity contribution in [2.45, 2.75) is 49.8 Å². The molecule has 18 heavy (non-hydrogen) atoms. The van der Waals surface area contributed by atoms with Gasteiger partial charge in [-0.1, -0.05) is 44.5 Å². The minimum atomic E-state index is 0.384. The standard InChI is InChI=1S/C15H22ClNS/c1-4-17-14-13(9-10-15(14,2)3)18-12-8-6-5-7-11(12)16/h5-8,13-14,17H,4,9-10H2,1-3H3. The van der Waals surface area contributed by atoms with Gasteiger partial charge in [0.05, 0.1) is 5.02 Å². The topological polar surface area (TPSA) is 12.0 Å². The van der Waals surface area contributed by atoms with Gasteiger partial charge in [-0.25, -0.2) is 0 Å². The third-order valence-electron chi connectivity index (χ3n) is 3.83. The Morgan fingerprint density at radius 1 is 1.39 bits per heavy atom. The second kappa shape index (κ2) is 5.85. The molecule has 1 aromatic rings. The first kappa shape index (κ1) is 14.2. The number of hydrogen-bond donors (Lipinski definition) is 1. The van der Waals surface area contributed by atoms with E-state index in [0.717, 1.165) is 11.6 Å². The summed E-state index contributed by atoms with van der Waals surface area (Å²) >= 11 is 8.19. The second-order valence-electron chi connectivity index (χ2n) is 5.65. The van der Waals surface area contributed by atoms with E-state index < -0.39 is 0 Å². The molecule has 2 unspecified atom stereocenters. The molecule has 1 aliphatic carbocycles. The molecule has 2 atom stereocenters. The van der Waals surface area contributed by atoms with Crippen LogP contribution in [-0.2, 0) is 0 Å². The van der Waals surface area contributed by atoms with Crippen LogP contribution in [0.2, 0.25) is 5.02 Å². The van der Waals surface area contributed by atoms with Gasteiger partial charge in [0.25, 0.3) is 0 Å². The summed E-state index contributed by atoms with van der Waals surface area (Å²) in [7, 11) is 0. The Morgan fingerprint density at radius 2 is 2.11 bits per heavy atom. The van der Waals surface area contributed by atoms with Crippen LogP contribution in [-0.4, -0.2) is 17.8 Å². The molecule has 1 aromatic carbocycles. The molecule has 1 fully saturated rings. The minimum absolute atomic E-state index is 0.384. The van der Waals surface area contributed by atoms with Gasteiger partial charge in [-0.2, -0.15) is 0 Å². The fraction of sp³-hybridized carbons (Fsp3) is 0.600. The maximum absolute atomic E-state index is 6.26. The van der Waals surface area contributed by atoms with Gasteiger partial charge in [-0.15, -0.1) is 11.8 Å². The number of thioether (sulfide) groups is 1. The van der Waals surface area contributed by atoms with Gasteiger partial charge in [0.1, 0.15) is 0 Å². The van der Waals surface area contributed by atoms with Crippen molar-refractivity contribution < 1.29 is 0 Å². The third kappa shape index (κ3) is 3.04. The predicted molar refractivity (Wildman–Crippen MR) is 81.6 cm³/mol. The van der Waals surface area contributed by atoms with E-state index in [1.165, 1.54) is 17.7 Å². The number of benzene rings is 1. The zero-order valence-corrected chi connectivity index (χ0v) is 12.9. The average molecular weight is 284 g/mol. The van der Waals surface area contributed by atoms with Gasteiger partial charge < -0.3 is 5.32 Å². The Kier molecular flexibility index (Phi) is 4.63. The summed E-state index contributed by atoms with van der Waals surface area (Å²) < 4.78 is 0. The Morgan fingerprint density at radius 3 is 2.78 bits per heavy atom. The van der Waals surface area contributed by atoms with Crippen molar-refractivity contribution in [3.05, 3.63) is 29.3 Å². The van der Waals surface area contributed by atoms with E-state index in [4.69, 9.17) is 11.6 Å². The van der Waals surface area contributed by atoms with E-state index in [1.54, 1.807) is 0 Å². The highest BCUT2D eigenvalue weighted by molar-refractivity contribution is 8.00. The number of rotatable bonds is 4. The van der Waals surface area contributed by atoms with E-state index in [2.05, 4.69) is 38.2 Å². The molecular formula is C15H22ClNS. The summed E-state index contributed by atoms with van der Waals surface area (Å²) in [5, 5.41) is 5.16. The summed E-state index contributed by atoms with van der Waals surface area (Å²) in [4.78, 5) is 1.21. The maximum atomic E-state index is 6.26. The quantitative estimate of drug-likeness (QED) is 0.867. The van der Waals surface area contributed by atoms with Crippen LogP contribution in [0.5, 0.6) is 0 Å². The molecular weight excluding hydrogens is 262 g/mol. The zero-order chi connectivity index (χ0) is 13.2. The molecule has 100 valence electrons. The number of hydrogen-bond acceptors (Lipinski definition) is 2. The van der Waals surface area contributed by atoms with Crippen LogP contribution in [0, 0.1) is 5.41 Å². The van der Waals surface area contributed by atoms with Crippen molar-refractivity contribution in [2.75, 3.05) is 6.54 Å². The lowest BCUT2D eigenvalue weighted by molar-refractivity contribution is 0.290. The summed E-state index contributed by atoms with van der Waals surface area (Å²) in [6, 6.07) is 8.74. The molecule has 0 spiro atoms. The fourth-order valence-corrected chi connectivity index (χ4v) is 4.57. The van der Waals surface area contributed by atoms with Gasteiger partial charge in [0.2, 0.25) is 0 Å². The van der Waals surface area contributed by atoms with E-state index in [1.807, 2.05) is 23.9 Å². The highest BCUT2D eigenvalue weighted by Crippen LogP contribution is 2.46. The normalized spacial score (nSPS) is 26.4. The SMILES string of the molecule is CCNC1C(Sc2ccccc2Cl)CCC1(C)C. The zero-order valence-electron chi connectivity index (χ0n) is 11.4. The molecule has 2 rings (SSSR count). The Balaban J connectivity index is 2.12. The third-order valence-corrected chi connectivity index (χ3v) is 5.69. The first-order chi connectivity index (χ1) is 8.54.